The Balaban J connectivity index is 2.25. The Labute approximate surface area is 133 Å². The van der Waals surface area contributed by atoms with Crippen LogP contribution in [0.2, 0.25) is 10.0 Å². The number of nitrogens with zero attached hydrogens (tertiary/aromatic N) is 1. The molecule has 0 saturated carbocycles. The van der Waals surface area contributed by atoms with Crippen molar-refractivity contribution in [3.8, 4) is 0 Å². The highest BCUT2D eigenvalue weighted by molar-refractivity contribution is 7.89. The lowest BCUT2D eigenvalue weighted by Gasteiger charge is -2.30. The van der Waals surface area contributed by atoms with E-state index in [2.05, 4.69) is 4.72 Å². The molecule has 0 spiro atoms. The fourth-order valence-corrected chi connectivity index (χ4v) is 4.50. The van der Waals surface area contributed by atoms with Crippen molar-refractivity contribution in [2.45, 2.75) is 23.8 Å². The molecule has 1 atom stereocenters. The number of amides is 1. The van der Waals surface area contributed by atoms with Gasteiger partial charge in [0.25, 0.3) is 0 Å². The Morgan fingerprint density at radius 3 is 2.62 bits per heavy atom. The zero-order valence-electron chi connectivity index (χ0n) is 11.3. The molecule has 0 bridgehead atoms. The molecule has 0 radical (unpaired) electrons. The molecule has 1 aliphatic heterocycles. The molecule has 1 heterocycles. The molecule has 1 aromatic carbocycles. The van der Waals surface area contributed by atoms with Gasteiger partial charge in [0.2, 0.25) is 15.9 Å². The van der Waals surface area contributed by atoms with Crippen LogP contribution in [0.4, 0.5) is 5.69 Å². The number of nitrogens with one attached hydrogen (secondary N) is 1. The molecule has 9 heteroatoms. The number of benzene rings is 1. The molecule has 0 aliphatic carbocycles. The Morgan fingerprint density at radius 1 is 1.38 bits per heavy atom. The first kappa shape index (κ1) is 16.4. The molecule has 116 valence electrons. The molecule has 3 N–H and O–H groups in total. The Morgan fingerprint density at radius 2 is 2.05 bits per heavy atom. The van der Waals surface area contributed by atoms with Crippen LogP contribution in [0.15, 0.2) is 17.0 Å². The largest absolute Gasteiger partial charge is 0.398 e. The summed E-state index contributed by atoms with van der Waals surface area (Å²) in [5.74, 6) is -0.00510. The Hall–Kier alpha value is -1.02. The fraction of sp³-hybridized carbons (Fsp3) is 0.417. The van der Waals surface area contributed by atoms with Crippen LogP contribution in [-0.2, 0) is 14.8 Å². The van der Waals surface area contributed by atoms with Crippen molar-refractivity contribution in [2.75, 3.05) is 19.3 Å². The van der Waals surface area contributed by atoms with E-state index in [-0.39, 0.29) is 32.6 Å². The van der Waals surface area contributed by atoms with E-state index in [0.29, 0.717) is 19.4 Å². The highest BCUT2D eigenvalue weighted by atomic mass is 35.5. The van der Waals surface area contributed by atoms with Crippen molar-refractivity contribution in [2.24, 2.45) is 0 Å². The quantitative estimate of drug-likeness (QED) is 0.806. The second kappa shape index (κ2) is 6.00. The molecule has 1 fully saturated rings. The standard InChI is InChI=1S/C12H15Cl2N3O3S/c1-17-6-8(2-3-11(17)18)16-21(19,20)12-9(14)4-7(13)5-10(12)15/h4-5,8,16H,2-3,6,15H2,1H3. The predicted molar refractivity (Wildman–Crippen MR) is 81.9 cm³/mol. The summed E-state index contributed by atoms with van der Waals surface area (Å²) in [4.78, 5) is 12.7. The molecule has 2 rings (SSSR count). The van der Waals surface area contributed by atoms with Gasteiger partial charge in [-0.1, -0.05) is 23.2 Å². The van der Waals surface area contributed by atoms with E-state index in [1.165, 1.54) is 17.0 Å². The lowest BCUT2D eigenvalue weighted by atomic mass is 10.1. The molecular weight excluding hydrogens is 337 g/mol. The van der Waals surface area contributed by atoms with Crippen LogP contribution in [-0.4, -0.2) is 38.9 Å². The second-order valence-electron chi connectivity index (χ2n) is 4.94. The van der Waals surface area contributed by atoms with Gasteiger partial charge in [0, 0.05) is 31.1 Å². The highest BCUT2D eigenvalue weighted by Crippen LogP contribution is 2.31. The fourth-order valence-electron chi connectivity index (χ4n) is 2.25. The molecule has 1 aromatic rings. The van der Waals surface area contributed by atoms with E-state index in [4.69, 9.17) is 28.9 Å². The molecule has 1 saturated heterocycles. The van der Waals surface area contributed by atoms with Crippen molar-refractivity contribution in [1.29, 1.82) is 0 Å². The molecule has 0 aromatic heterocycles. The minimum atomic E-state index is -3.88. The number of nitrogens with two attached hydrogens (primary N) is 1. The van der Waals surface area contributed by atoms with Crippen LogP contribution in [0.25, 0.3) is 0 Å². The summed E-state index contributed by atoms with van der Waals surface area (Å²) in [6, 6.07) is 2.28. The summed E-state index contributed by atoms with van der Waals surface area (Å²) in [5.41, 5.74) is 5.70. The monoisotopic (exact) mass is 351 g/mol. The van der Waals surface area contributed by atoms with Crippen LogP contribution in [0.5, 0.6) is 0 Å². The topological polar surface area (TPSA) is 92.5 Å². The van der Waals surface area contributed by atoms with Gasteiger partial charge in [-0.3, -0.25) is 4.79 Å². The summed E-state index contributed by atoms with van der Waals surface area (Å²) < 4.78 is 27.4. The number of likely N-dealkylation sites (N-methyl/N-ethyl adjacent to an activating group) is 1. The molecule has 21 heavy (non-hydrogen) atoms. The normalized spacial score (nSPS) is 19.9. The smallest absolute Gasteiger partial charge is 0.244 e. The molecule has 1 unspecified atom stereocenters. The minimum Gasteiger partial charge on any atom is -0.398 e. The van der Waals surface area contributed by atoms with Crippen molar-refractivity contribution in [1.82, 2.24) is 9.62 Å². The van der Waals surface area contributed by atoms with E-state index in [1.54, 1.807) is 7.05 Å². The van der Waals surface area contributed by atoms with Crippen LogP contribution in [0.1, 0.15) is 12.8 Å². The number of sulfonamides is 1. The third-order valence-corrected chi connectivity index (χ3v) is 5.52. The van der Waals surface area contributed by atoms with Crippen molar-refractivity contribution in [3.63, 3.8) is 0 Å². The Kier molecular flexibility index (Phi) is 4.67. The summed E-state index contributed by atoms with van der Waals surface area (Å²) in [6.07, 6.45) is 0.737. The van der Waals surface area contributed by atoms with E-state index >= 15 is 0 Å². The summed E-state index contributed by atoms with van der Waals surface area (Å²) in [7, 11) is -2.25. The van der Waals surface area contributed by atoms with Gasteiger partial charge in [-0.05, 0) is 18.6 Å². The number of rotatable bonds is 3. The summed E-state index contributed by atoms with van der Waals surface area (Å²) in [5, 5.41) is 0.229. The summed E-state index contributed by atoms with van der Waals surface area (Å²) >= 11 is 11.7. The maximum Gasteiger partial charge on any atom is 0.244 e. The molecule has 1 aliphatic rings. The first-order valence-corrected chi connectivity index (χ1v) is 8.45. The van der Waals surface area contributed by atoms with Crippen molar-refractivity contribution < 1.29 is 13.2 Å². The second-order valence-corrected chi connectivity index (χ2v) is 7.43. The number of nitrogen functional groups attached to an aromatic ring is 1. The zero-order chi connectivity index (χ0) is 15.8. The first-order valence-electron chi connectivity index (χ1n) is 6.21. The number of halogens is 2. The van der Waals surface area contributed by atoms with Crippen LogP contribution in [0, 0.1) is 0 Å². The van der Waals surface area contributed by atoms with Crippen molar-refractivity contribution in [3.05, 3.63) is 22.2 Å². The van der Waals surface area contributed by atoms with Gasteiger partial charge in [-0.15, -0.1) is 0 Å². The molecule has 6 nitrogen and oxygen atoms in total. The maximum atomic E-state index is 12.4. The van der Waals surface area contributed by atoms with Crippen LogP contribution >= 0.6 is 23.2 Å². The van der Waals surface area contributed by atoms with E-state index in [9.17, 15) is 13.2 Å². The lowest BCUT2D eigenvalue weighted by Crippen LogP contribution is -2.48. The minimum absolute atomic E-state index is 0.00510. The lowest BCUT2D eigenvalue weighted by molar-refractivity contribution is -0.132. The average molecular weight is 352 g/mol. The van der Waals surface area contributed by atoms with E-state index in [0.717, 1.165) is 0 Å². The number of hydrogen-bond donors (Lipinski definition) is 2. The van der Waals surface area contributed by atoms with Crippen LogP contribution in [0.3, 0.4) is 0 Å². The zero-order valence-corrected chi connectivity index (χ0v) is 13.6. The van der Waals surface area contributed by atoms with Gasteiger partial charge in [0.05, 0.1) is 10.7 Å². The summed E-state index contributed by atoms with van der Waals surface area (Å²) in [6.45, 7) is 0.309. The predicted octanol–water partition coefficient (Wildman–Crippen LogP) is 1.47. The van der Waals surface area contributed by atoms with E-state index < -0.39 is 10.0 Å². The number of carbonyl (C=O) groups excluding carboxylic acids is 1. The van der Waals surface area contributed by atoms with Gasteiger partial charge in [-0.25, -0.2) is 13.1 Å². The first-order chi connectivity index (χ1) is 9.70. The van der Waals surface area contributed by atoms with Crippen LogP contribution < -0.4 is 10.5 Å². The van der Waals surface area contributed by atoms with Crippen molar-refractivity contribution >= 4 is 44.8 Å². The van der Waals surface area contributed by atoms with Gasteiger partial charge < -0.3 is 10.6 Å². The maximum absolute atomic E-state index is 12.4. The van der Waals surface area contributed by atoms with Gasteiger partial charge in [-0.2, -0.15) is 0 Å². The number of carbonyl (C=O) groups is 1. The third-order valence-electron chi connectivity index (χ3n) is 3.25. The van der Waals surface area contributed by atoms with Gasteiger partial charge >= 0.3 is 0 Å². The number of anilines is 1. The van der Waals surface area contributed by atoms with Gasteiger partial charge in [0.1, 0.15) is 4.90 Å². The Bertz CT molecular complexity index is 655. The molecule has 1 amide bonds. The average Bonchev–Trinajstić information content (AvgIpc) is 2.31. The molecular formula is C12H15Cl2N3O3S. The highest BCUT2D eigenvalue weighted by Gasteiger charge is 2.29. The third kappa shape index (κ3) is 3.60. The number of hydrogen-bond acceptors (Lipinski definition) is 4. The number of likely N-dealkylation sites (tertiary alicyclic amines) is 1. The van der Waals surface area contributed by atoms with E-state index in [1.807, 2.05) is 0 Å². The van der Waals surface area contributed by atoms with Gasteiger partial charge in [0.15, 0.2) is 0 Å². The SMILES string of the molecule is CN1CC(NS(=O)(=O)c2c(N)cc(Cl)cc2Cl)CCC1=O. The number of piperidine rings is 1.